The summed E-state index contributed by atoms with van der Waals surface area (Å²) in [6.45, 7) is 2.73. The molecule has 15 heavy (non-hydrogen) atoms. The number of urea groups is 1. The number of amides is 2. The molecule has 0 radical (unpaired) electrons. The highest BCUT2D eigenvalue weighted by molar-refractivity contribution is 8.06. The third kappa shape index (κ3) is 3.48. The molecule has 0 saturated carbocycles. The smallest absolute Gasteiger partial charge is 0.317 e. The van der Waals surface area contributed by atoms with Crippen molar-refractivity contribution < 1.29 is 4.79 Å². The summed E-state index contributed by atoms with van der Waals surface area (Å²) >= 11 is 3.99. The molecule has 0 aromatic rings. The van der Waals surface area contributed by atoms with E-state index in [-0.39, 0.29) is 6.03 Å². The number of likely N-dealkylation sites (tertiary alicyclic amines) is 1. The van der Waals surface area contributed by atoms with Crippen molar-refractivity contribution in [2.45, 2.75) is 18.1 Å². The molecule has 2 heterocycles. The number of carbonyl (C=O) groups is 1. The largest absolute Gasteiger partial charge is 0.337 e. The Morgan fingerprint density at radius 1 is 1.33 bits per heavy atom. The van der Waals surface area contributed by atoms with E-state index in [0.29, 0.717) is 5.25 Å². The molecule has 2 rings (SSSR count). The van der Waals surface area contributed by atoms with Gasteiger partial charge in [0.15, 0.2) is 0 Å². The number of rotatable bonds is 2. The van der Waals surface area contributed by atoms with Crippen molar-refractivity contribution in [2.24, 2.45) is 0 Å². The molecular weight excluding hydrogens is 228 g/mol. The standard InChI is InChI=1S/C10H18N2OS2/c13-10(12-3-1-2-4-12)11-7-9-8-14-5-6-15-9/h9H,1-8H2,(H,11,13). The number of nitrogens with one attached hydrogen (secondary N) is 1. The highest BCUT2D eigenvalue weighted by Crippen LogP contribution is 2.23. The predicted octanol–water partition coefficient (Wildman–Crippen LogP) is 1.64. The fourth-order valence-corrected chi connectivity index (χ4v) is 4.50. The number of carbonyl (C=O) groups excluding carboxylic acids is 1. The maximum atomic E-state index is 11.7. The van der Waals surface area contributed by atoms with Gasteiger partial charge in [0.05, 0.1) is 0 Å². The maximum Gasteiger partial charge on any atom is 0.317 e. The fourth-order valence-electron chi connectivity index (χ4n) is 1.89. The summed E-state index contributed by atoms with van der Waals surface area (Å²) in [6, 6.07) is 0.142. The van der Waals surface area contributed by atoms with Crippen LogP contribution >= 0.6 is 23.5 Å². The summed E-state index contributed by atoms with van der Waals surface area (Å²) in [7, 11) is 0. The Hall–Kier alpha value is -0.0300. The van der Waals surface area contributed by atoms with Gasteiger partial charge in [-0.2, -0.15) is 23.5 Å². The summed E-state index contributed by atoms with van der Waals surface area (Å²) in [6.07, 6.45) is 2.34. The Kier molecular flexibility index (Phi) is 4.50. The molecule has 5 heteroatoms. The van der Waals surface area contributed by atoms with Crippen LogP contribution in [0.4, 0.5) is 4.79 Å². The van der Waals surface area contributed by atoms with Gasteiger partial charge >= 0.3 is 6.03 Å². The molecule has 1 unspecified atom stereocenters. The first-order valence-electron chi connectivity index (χ1n) is 5.58. The van der Waals surface area contributed by atoms with Gasteiger partial charge in [-0.1, -0.05) is 0 Å². The van der Waals surface area contributed by atoms with E-state index in [9.17, 15) is 4.79 Å². The summed E-state index contributed by atoms with van der Waals surface area (Å²) < 4.78 is 0. The molecule has 1 atom stereocenters. The highest BCUT2D eigenvalue weighted by Gasteiger charge is 2.20. The van der Waals surface area contributed by atoms with Crippen LogP contribution in [0.5, 0.6) is 0 Å². The van der Waals surface area contributed by atoms with Crippen LogP contribution in [-0.4, -0.2) is 53.1 Å². The lowest BCUT2D eigenvalue weighted by molar-refractivity contribution is 0.209. The van der Waals surface area contributed by atoms with Crippen molar-refractivity contribution in [3.8, 4) is 0 Å². The lowest BCUT2D eigenvalue weighted by Crippen LogP contribution is -2.41. The van der Waals surface area contributed by atoms with Crippen LogP contribution in [0.3, 0.4) is 0 Å². The number of nitrogens with zero attached hydrogens (tertiary/aromatic N) is 1. The van der Waals surface area contributed by atoms with Gasteiger partial charge in [0.25, 0.3) is 0 Å². The second kappa shape index (κ2) is 5.89. The molecule has 1 N–H and O–H groups in total. The van der Waals surface area contributed by atoms with Crippen LogP contribution in [0.15, 0.2) is 0 Å². The van der Waals surface area contributed by atoms with E-state index >= 15 is 0 Å². The molecule has 0 bridgehead atoms. The van der Waals surface area contributed by atoms with Crippen molar-refractivity contribution in [2.75, 3.05) is 36.9 Å². The zero-order valence-corrected chi connectivity index (χ0v) is 10.5. The summed E-state index contributed by atoms with van der Waals surface area (Å²) in [5.41, 5.74) is 0. The quantitative estimate of drug-likeness (QED) is 0.804. The molecule has 2 aliphatic rings. The summed E-state index contributed by atoms with van der Waals surface area (Å²) in [5, 5.41) is 3.67. The first kappa shape index (κ1) is 11.5. The lowest BCUT2D eigenvalue weighted by atomic mass is 10.4. The number of hydrogen-bond acceptors (Lipinski definition) is 3. The minimum atomic E-state index is 0.142. The minimum absolute atomic E-state index is 0.142. The van der Waals surface area contributed by atoms with Crippen molar-refractivity contribution in [3.05, 3.63) is 0 Å². The predicted molar refractivity (Wildman–Crippen MR) is 67.8 cm³/mol. The van der Waals surface area contributed by atoms with Crippen molar-refractivity contribution in [1.82, 2.24) is 10.2 Å². The summed E-state index contributed by atoms with van der Waals surface area (Å²) in [4.78, 5) is 13.6. The van der Waals surface area contributed by atoms with E-state index in [1.165, 1.54) is 30.1 Å². The van der Waals surface area contributed by atoms with Gasteiger partial charge in [-0.05, 0) is 12.8 Å². The molecule has 2 saturated heterocycles. The Morgan fingerprint density at radius 3 is 2.80 bits per heavy atom. The molecule has 2 aliphatic heterocycles. The molecule has 0 aromatic heterocycles. The van der Waals surface area contributed by atoms with E-state index < -0.39 is 0 Å². The average molecular weight is 246 g/mol. The van der Waals surface area contributed by atoms with Crippen LogP contribution in [0.1, 0.15) is 12.8 Å². The van der Waals surface area contributed by atoms with Gasteiger partial charge in [-0.15, -0.1) is 0 Å². The third-order valence-corrected chi connectivity index (χ3v) is 5.60. The van der Waals surface area contributed by atoms with Gasteiger partial charge in [0.2, 0.25) is 0 Å². The van der Waals surface area contributed by atoms with Gasteiger partial charge < -0.3 is 10.2 Å². The minimum Gasteiger partial charge on any atom is -0.337 e. The van der Waals surface area contributed by atoms with Crippen molar-refractivity contribution >= 4 is 29.6 Å². The van der Waals surface area contributed by atoms with Crippen LogP contribution in [-0.2, 0) is 0 Å². The topological polar surface area (TPSA) is 32.3 Å². The van der Waals surface area contributed by atoms with Crippen LogP contribution in [0.2, 0.25) is 0 Å². The second-order valence-corrected chi connectivity index (χ2v) is 6.51. The molecule has 2 fully saturated rings. The van der Waals surface area contributed by atoms with E-state index in [2.05, 4.69) is 5.32 Å². The van der Waals surface area contributed by atoms with Gasteiger partial charge in [-0.25, -0.2) is 4.79 Å². The van der Waals surface area contributed by atoms with E-state index in [1.807, 2.05) is 28.4 Å². The van der Waals surface area contributed by atoms with Gasteiger partial charge in [-0.3, -0.25) is 0 Å². The van der Waals surface area contributed by atoms with E-state index in [0.717, 1.165) is 19.6 Å². The van der Waals surface area contributed by atoms with Crippen LogP contribution in [0.25, 0.3) is 0 Å². The second-order valence-electron chi connectivity index (χ2n) is 3.95. The van der Waals surface area contributed by atoms with Crippen molar-refractivity contribution in [1.29, 1.82) is 0 Å². The maximum absolute atomic E-state index is 11.7. The Labute approximate surface area is 99.7 Å². The highest BCUT2D eigenvalue weighted by atomic mass is 32.2. The van der Waals surface area contributed by atoms with E-state index in [4.69, 9.17) is 0 Å². The van der Waals surface area contributed by atoms with Crippen LogP contribution in [0, 0.1) is 0 Å². The number of hydrogen-bond donors (Lipinski definition) is 1. The van der Waals surface area contributed by atoms with Crippen molar-refractivity contribution in [3.63, 3.8) is 0 Å². The molecule has 0 aliphatic carbocycles. The Morgan fingerprint density at radius 2 is 2.13 bits per heavy atom. The Balaban J connectivity index is 1.65. The zero-order chi connectivity index (χ0) is 10.5. The molecule has 2 amide bonds. The van der Waals surface area contributed by atoms with E-state index in [1.54, 1.807) is 0 Å². The summed E-state index contributed by atoms with van der Waals surface area (Å²) in [5.74, 6) is 3.68. The SMILES string of the molecule is O=C(NCC1CSCCS1)N1CCCC1. The number of thioether (sulfide) groups is 2. The normalized spacial score (nSPS) is 26.7. The fraction of sp³-hybridized carbons (Fsp3) is 0.900. The molecule has 3 nitrogen and oxygen atoms in total. The van der Waals surface area contributed by atoms with Gasteiger partial charge in [0, 0.05) is 42.1 Å². The molecule has 0 aromatic carbocycles. The monoisotopic (exact) mass is 246 g/mol. The third-order valence-electron chi connectivity index (χ3n) is 2.76. The molecule has 0 spiro atoms. The van der Waals surface area contributed by atoms with Crippen LogP contribution < -0.4 is 5.32 Å². The Bertz CT molecular complexity index is 213. The first-order valence-corrected chi connectivity index (χ1v) is 7.79. The molecular formula is C10H18N2OS2. The molecule has 86 valence electrons. The lowest BCUT2D eigenvalue weighted by Gasteiger charge is -2.23. The van der Waals surface area contributed by atoms with Gasteiger partial charge in [0.1, 0.15) is 0 Å². The first-order chi connectivity index (χ1) is 7.36. The zero-order valence-electron chi connectivity index (χ0n) is 8.91. The average Bonchev–Trinajstić information content (AvgIpc) is 2.81.